The molecular weight excluding hydrogens is 278 g/mol. The summed E-state index contributed by atoms with van der Waals surface area (Å²) >= 11 is 0. The highest BCUT2D eigenvalue weighted by atomic mass is 14.6. The zero-order valence-corrected chi connectivity index (χ0v) is 14.3. The van der Waals surface area contributed by atoms with E-state index in [4.69, 9.17) is 0 Å². The van der Waals surface area contributed by atoms with Crippen molar-refractivity contribution < 1.29 is 0 Å². The van der Waals surface area contributed by atoms with Crippen LogP contribution in [0.5, 0.6) is 0 Å². The normalized spacial score (nSPS) is 18.3. The fourth-order valence-electron chi connectivity index (χ4n) is 3.35. The number of allylic oxidation sites excluding steroid dienone is 4. The van der Waals surface area contributed by atoms with Crippen LogP contribution in [0.3, 0.4) is 0 Å². The molecule has 1 aliphatic carbocycles. The monoisotopic (exact) mass is 303 g/mol. The average molecular weight is 303 g/mol. The van der Waals surface area contributed by atoms with Crippen LogP contribution in [0.1, 0.15) is 43.4 Å². The van der Waals surface area contributed by atoms with Crippen molar-refractivity contribution in [1.82, 2.24) is 4.98 Å². The van der Waals surface area contributed by atoms with Gasteiger partial charge in [-0.2, -0.15) is 0 Å². The summed E-state index contributed by atoms with van der Waals surface area (Å²) in [5, 5.41) is 0. The van der Waals surface area contributed by atoms with Gasteiger partial charge in [-0.05, 0) is 65.5 Å². The van der Waals surface area contributed by atoms with Gasteiger partial charge in [0.2, 0.25) is 0 Å². The van der Waals surface area contributed by atoms with Gasteiger partial charge in [0.25, 0.3) is 0 Å². The third-order valence-electron chi connectivity index (χ3n) is 4.92. The van der Waals surface area contributed by atoms with Crippen molar-refractivity contribution in [1.29, 1.82) is 0 Å². The van der Waals surface area contributed by atoms with Crippen molar-refractivity contribution in [3.05, 3.63) is 77.6 Å². The van der Waals surface area contributed by atoms with Crippen molar-refractivity contribution in [3.8, 4) is 0 Å². The zero-order chi connectivity index (χ0) is 16.2. The standard InChI is InChI=1S/C22H25N/c1-16(2)21-13-18(20-8-6-12-23-15-20)10-11-19(14-21)22-9-5-4-7-17(22)3/h4-12,15-16,21H,13-14H2,1-3H3. The molecule has 1 atom stereocenters. The Morgan fingerprint density at radius 1 is 0.957 bits per heavy atom. The molecule has 1 nitrogen and oxygen atoms in total. The highest BCUT2D eigenvalue weighted by Gasteiger charge is 2.21. The molecule has 0 spiro atoms. The number of benzene rings is 1. The van der Waals surface area contributed by atoms with Gasteiger partial charge >= 0.3 is 0 Å². The third-order valence-corrected chi connectivity index (χ3v) is 4.92. The lowest BCUT2D eigenvalue weighted by molar-refractivity contribution is 0.402. The highest BCUT2D eigenvalue weighted by Crippen LogP contribution is 2.37. The molecule has 3 rings (SSSR count). The Balaban J connectivity index is 2.02. The van der Waals surface area contributed by atoms with Gasteiger partial charge in [0, 0.05) is 12.4 Å². The summed E-state index contributed by atoms with van der Waals surface area (Å²) in [5.41, 5.74) is 6.86. The van der Waals surface area contributed by atoms with Crippen molar-refractivity contribution in [2.24, 2.45) is 11.8 Å². The van der Waals surface area contributed by atoms with Crippen LogP contribution in [0.2, 0.25) is 0 Å². The molecule has 2 aromatic rings. The first-order valence-electron chi connectivity index (χ1n) is 8.51. The average Bonchev–Trinajstić information content (AvgIpc) is 2.79. The van der Waals surface area contributed by atoms with E-state index >= 15 is 0 Å². The second-order valence-electron chi connectivity index (χ2n) is 6.85. The molecule has 0 radical (unpaired) electrons. The molecule has 0 fully saturated rings. The van der Waals surface area contributed by atoms with Crippen molar-refractivity contribution in [2.75, 3.05) is 0 Å². The molecule has 23 heavy (non-hydrogen) atoms. The molecular formula is C22H25N. The Morgan fingerprint density at radius 2 is 1.70 bits per heavy atom. The van der Waals surface area contributed by atoms with Crippen molar-refractivity contribution in [2.45, 2.75) is 33.6 Å². The minimum atomic E-state index is 0.662. The topological polar surface area (TPSA) is 12.9 Å². The van der Waals surface area contributed by atoms with Gasteiger partial charge in [-0.3, -0.25) is 4.98 Å². The highest BCUT2D eigenvalue weighted by molar-refractivity contribution is 5.76. The van der Waals surface area contributed by atoms with Gasteiger partial charge in [0.05, 0.1) is 0 Å². The van der Waals surface area contributed by atoms with Gasteiger partial charge in [0.15, 0.2) is 0 Å². The summed E-state index contributed by atoms with van der Waals surface area (Å²) in [6.07, 6.45) is 10.7. The number of aromatic nitrogens is 1. The first-order valence-corrected chi connectivity index (χ1v) is 8.51. The lowest BCUT2D eigenvalue weighted by Crippen LogP contribution is -2.10. The van der Waals surface area contributed by atoms with E-state index in [-0.39, 0.29) is 0 Å². The van der Waals surface area contributed by atoms with Gasteiger partial charge in [-0.25, -0.2) is 0 Å². The predicted molar refractivity (Wildman–Crippen MR) is 98.9 cm³/mol. The molecule has 0 amide bonds. The van der Waals surface area contributed by atoms with Crippen LogP contribution < -0.4 is 0 Å². The second kappa shape index (κ2) is 6.95. The summed E-state index contributed by atoms with van der Waals surface area (Å²) in [5.74, 6) is 1.33. The summed E-state index contributed by atoms with van der Waals surface area (Å²) in [4.78, 5) is 4.29. The SMILES string of the molecule is Cc1ccccc1C1=CC=C(c2cccnc2)CC(C(C)C)C1. The fourth-order valence-corrected chi connectivity index (χ4v) is 3.35. The van der Waals surface area contributed by atoms with E-state index in [1.54, 1.807) is 0 Å². The number of pyridine rings is 1. The number of nitrogens with zero attached hydrogens (tertiary/aromatic N) is 1. The van der Waals surface area contributed by atoms with Crippen LogP contribution in [0.15, 0.2) is 60.9 Å². The van der Waals surface area contributed by atoms with Gasteiger partial charge in [-0.1, -0.05) is 56.3 Å². The summed E-state index contributed by atoms with van der Waals surface area (Å²) in [6, 6.07) is 12.9. The van der Waals surface area contributed by atoms with Crippen LogP contribution in [-0.4, -0.2) is 4.98 Å². The summed E-state index contributed by atoms with van der Waals surface area (Å²) < 4.78 is 0. The first-order chi connectivity index (χ1) is 11.1. The van der Waals surface area contributed by atoms with Gasteiger partial charge in [-0.15, -0.1) is 0 Å². The Kier molecular flexibility index (Phi) is 4.76. The zero-order valence-electron chi connectivity index (χ0n) is 14.3. The second-order valence-corrected chi connectivity index (χ2v) is 6.85. The molecule has 1 aromatic heterocycles. The Bertz CT molecular complexity index is 723. The molecule has 0 saturated carbocycles. The Hall–Kier alpha value is -2.15. The molecule has 1 heteroatoms. The maximum absolute atomic E-state index is 4.29. The Morgan fingerprint density at radius 3 is 2.39 bits per heavy atom. The minimum Gasteiger partial charge on any atom is -0.264 e. The lowest BCUT2D eigenvalue weighted by atomic mass is 9.82. The van der Waals surface area contributed by atoms with E-state index in [1.165, 1.54) is 27.8 Å². The van der Waals surface area contributed by atoms with E-state index in [2.05, 4.69) is 68.2 Å². The van der Waals surface area contributed by atoms with Crippen LogP contribution >= 0.6 is 0 Å². The maximum atomic E-state index is 4.29. The van der Waals surface area contributed by atoms with Crippen LogP contribution in [0.4, 0.5) is 0 Å². The predicted octanol–water partition coefficient (Wildman–Crippen LogP) is 5.92. The smallest absolute Gasteiger partial charge is 0.0343 e. The molecule has 1 heterocycles. The molecule has 0 saturated heterocycles. The maximum Gasteiger partial charge on any atom is 0.0343 e. The van der Waals surface area contributed by atoms with Crippen LogP contribution in [0, 0.1) is 18.8 Å². The number of hydrogen-bond donors (Lipinski definition) is 0. The molecule has 0 N–H and O–H groups in total. The molecule has 1 aromatic carbocycles. The number of aryl methyl sites for hydroxylation is 1. The molecule has 0 aliphatic heterocycles. The number of rotatable bonds is 3. The largest absolute Gasteiger partial charge is 0.264 e. The number of hydrogen-bond acceptors (Lipinski definition) is 1. The van der Waals surface area contributed by atoms with Crippen LogP contribution in [0.25, 0.3) is 11.1 Å². The first kappa shape index (κ1) is 15.7. The van der Waals surface area contributed by atoms with Gasteiger partial charge < -0.3 is 0 Å². The van der Waals surface area contributed by atoms with Gasteiger partial charge in [0.1, 0.15) is 0 Å². The van der Waals surface area contributed by atoms with E-state index < -0.39 is 0 Å². The quantitative estimate of drug-likeness (QED) is 0.685. The Labute approximate surface area is 139 Å². The fraction of sp³-hybridized carbons (Fsp3) is 0.318. The third kappa shape index (κ3) is 3.61. The van der Waals surface area contributed by atoms with Crippen molar-refractivity contribution >= 4 is 11.1 Å². The lowest BCUT2D eigenvalue weighted by Gasteiger charge is -2.22. The van der Waals surface area contributed by atoms with E-state index in [0.717, 1.165) is 12.8 Å². The molecule has 118 valence electrons. The molecule has 1 unspecified atom stereocenters. The minimum absolute atomic E-state index is 0.662. The molecule has 1 aliphatic rings. The molecule has 0 bridgehead atoms. The van der Waals surface area contributed by atoms with E-state index in [9.17, 15) is 0 Å². The van der Waals surface area contributed by atoms with E-state index in [1.807, 2.05) is 18.5 Å². The van der Waals surface area contributed by atoms with Crippen LogP contribution in [-0.2, 0) is 0 Å². The summed E-state index contributed by atoms with van der Waals surface area (Å²) in [7, 11) is 0. The van der Waals surface area contributed by atoms with Crippen molar-refractivity contribution in [3.63, 3.8) is 0 Å². The van der Waals surface area contributed by atoms with E-state index in [0.29, 0.717) is 11.8 Å². The summed E-state index contributed by atoms with van der Waals surface area (Å²) in [6.45, 7) is 6.88.